The van der Waals surface area contributed by atoms with Crippen LogP contribution in [0.15, 0.2) is 55.0 Å². The molecule has 0 aliphatic rings. The molecule has 7 nitrogen and oxygen atoms in total. The van der Waals surface area contributed by atoms with Gasteiger partial charge in [0.15, 0.2) is 0 Å². The number of aliphatic hydroxyl groups is 1. The van der Waals surface area contributed by atoms with Gasteiger partial charge in [-0.15, -0.1) is 0 Å². The molecule has 0 saturated carbocycles. The third kappa shape index (κ3) is 4.97. The third-order valence-corrected chi connectivity index (χ3v) is 3.76. The quantitative estimate of drug-likeness (QED) is 0.574. The van der Waals surface area contributed by atoms with E-state index in [1.165, 1.54) is 0 Å². The molecular formula is C19H22N6O. The maximum atomic E-state index is 9.27. The van der Waals surface area contributed by atoms with Gasteiger partial charge >= 0.3 is 0 Å². The number of aromatic nitrogens is 4. The van der Waals surface area contributed by atoms with E-state index in [0.717, 1.165) is 29.2 Å². The predicted molar refractivity (Wildman–Crippen MR) is 102 cm³/mol. The van der Waals surface area contributed by atoms with E-state index < -0.39 is 0 Å². The zero-order valence-electron chi connectivity index (χ0n) is 14.6. The van der Waals surface area contributed by atoms with E-state index in [-0.39, 0.29) is 12.6 Å². The van der Waals surface area contributed by atoms with Crippen LogP contribution < -0.4 is 10.6 Å². The van der Waals surface area contributed by atoms with Crippen LogP contribution in [0.5, 0.6) is 0 Å². The van der Waals surface area contributed by atoms with Crippen molar-refractivity contribution in [1.82, 2.24) is 19.9 Å². The van der Waals surface area contributed by atoms with Crippen molar-refractivity contribution < 1.29 is 5.11 Å². The van der Waals surface area contributed by atoms with Crippen LogP contribution in [-0.2, 0) is 6.42 Å². The molecule has 134 valence electrons. The van der Waals surface area contributed by atoms with Crippen LogP contribution in [0.2, 0.25) is 0 Å². The first kappa shape index (κ1) is 17.8. The zero-order chi connectivity index (χ0) is 18.2. The SMILES string of the molecule is C[C@H](CO)Nc1nc(NCCc2ccccn2)cc(-c2ccncc2)n1. The van der Waals surface area contributed by atoms with Gasteiger partial charge in [-0.25, -0.2) is 4.98 Å². The van der Waals surface area contributed by atoms with Gasteiger partial charge < -0.3 is 15.7 Å². The molecule has 0 spiro atoms. The second kappa shape index (κ2) is 8.87. The Bertz CT molecular complexity index is 813. The van der Waals surface area contributed by atoms with E-state index in [0.29, 0.717) is 12.5 Å². The van der Waals surface area contributed by atoms with Crippen LogP contribution in [0.4, 0.5) is 11.8 Å². The van der Waals surface area contributed by atoms with Gasteiger partial charge in [-0.1, -0.05) is 6.07 Å². The average molecular weight is 350 g/mol. The first-order chi connectivity index (χ1) is 12.7. The minimum Gasteiger partial charge on any atom is -0.394 e. The number of nitrogens with zero attached hydrogens (tertiary/aromatic N) is 4. The normalized spacial score (nSPS) is 11.8. The summed E-state index contributed by atoms with van der Waals surface area (Å²) in [4.78, 5) is 17.4. The van der Waals surface area contributed by atoms with Gasteiger partial charge in [0.05, 0.1) is 12.3 Å². The Hall–Kier alpha value is -3.06. The molecule has 26 heavy (non-hydrogen) atoms. The van der Waals surface area contributed by atoms with Crippen LogP contribution in [0.25, 0.3) is 11.3 Å². The maximum Gasteiger partial charge on any atom is 0.225 e. The minimum atomic E-state index is -0.135. The Morgan fingerprint density at radius 2 is 1.92 bits per heavy atom. The monoisotopic (exact) mass is 350 g/mol. The fourth-order valence-corrected chi connectivity index (χ4v) is 2.40. The van der Waals surface area contributed by atoms with Crippen molar-refractivity contribution in [3.05, 3.63) is 60.7 Å². The Kier molecular flexibility index (Phi) is 6.05. The lowest BCUT2D eigenvalue weighted by atomic mass is 10.2. The molecule has 0 aliphatic carbocycles. The van der Waals surface area contributed by atoms with Crippen LogP contribution in [0, 0.1) is 0 Å². The number of rotatable bonds is 8. The lowest BCUT2D eigenvalue weighted by Gasteiger charge is -2.14. The van der Waals surface area contributed by atoms with Crippen molar-refractivity contribution >= 4 is 11.8 Å². The number of hydrogen-bond acceptors (Lipinski definition) is 7. The fraction of sp³-hybridized carbons (Fsp3) is 0.263. The highest BCUT2D eigenvalue weighted by Gasteiger charge is 2.09. The lowest BCUT2D eigenvalue weighted by Crippen LogP contribution is -2.21. The Balaban J connectivity index is 1.77. The van der Waals surface area contributed by atoms with Gasteiger partial charge in [0.1, 0.15) is 5.82 Å². The highest BCUT2D eigenvalue weighted by atomic mass is 16.3. The van der Waals surface area contributed by atoms with Crippen LogP contribution in [0.3, 0.4) is 0 Å². The first-order valence-corrected chi connectivity index (χ1v) is 8.55. The first-order valence-electron chi connectivity index (χ1n) is 8.55. The Morgan fingerprint density at radius 3 is 2.65 bits per heavy atom. The van der Waals surface area contributed by atoms with Crippen molar-refractivity contribution in [2.45, 2.75) is 19.4 Å². The van der Waals surface area contributed by atoms with Gasteiger partial charge in [-0.3, -0.25) is 9.97 Å². The number of aliphatic hydroxyl groups excluding tert-OH is 1. The van der Waals surface area contributed by atoms with Gasteiger partial charge in [0.25, 0.3) is 0 Å². The van der Waals surface area contributed by atoms with E-state index in [1.54, 1.807) is 18.6 Å². The second-order valence-electron chi connectivity index (χ2n) is 5.92. The molecule has 0 bridgehead atoms. The molecular weight excluding hydrogens is 328 g/mol. The summed E-state index contributed by atoms with van der Waals surface area (Å²) in [5, 5.41) is 15.7. The second-order valence-corrected chi connectivity index (χ2v) is 5.92. The molecule has 0 radical (unpaired) electrons. The summed E-state index contributed by atoms with van der Waals surface area (Å²) in [6.07, 6.45) is 6.05. The van der Waals surface area contributed by atoms with Gasteiger partial charge in [0.2, 0.25) is 5.95 Å². The van der Waals surface area contributed by atoms with Crippen LogP contribution in [-0.4, -0.2) is 44.2 Å². The Morgan fingerprint density at radius 1 is 1.08 bits per heavy atom. The van der Waals surface area contributed by atoms with Crippen molar-refractivity contribution in [2.75, 3.05) is 23.8 Å². The van der Waals surface area contributed by atoms with Gasteiger partial charge in [0, 0.05) is 54.9 Å². The fourth-order valence-electron chi connectivity index (χ4n) is 2.40. The molecule has 0 amide bonds. The molecule has 7 heteroatoms. The summed E-state index contributed by atoms with van der Waals surface area (Å²) in [5.41, 5.74) is 2.76. The zero-order valence-corrected chi connectivity index (χ0v) is 14.6. The largest absolute Gasteiger partial charge is 0.394 e. The van der Waals surface area contributed by atoms with E-state index in [1.807, 2.05) is 43.3 Å². The molecule has 3 heterocycles. The molecule has 1 atom stereocenters. The molecule has 3 aromatic rings. The average Bonchev–Trinajstić information content (AvgIpc) is 2.69. The summed E-state index contributed by atoms with van der Waals surface area (Å²) >= 11 is 0. The summed E-state index contributed by atoms with van der Waals surface area (Å²) in [6.45, 7) is 2.58. The van der Waals surface area contributed by atoms with Gasteiger partial charge in [-0.2, -0.15) is 4.98 Å². The van der Waals surface area contributed by atoms with E-state index >= 15 is 0 Å². The number of hydrogen-bond donors (Lipinski definition) is 3. The molecule has 0 aliphatic heterocycles. The van der Waals surface area contributed by atoms with E-state index in [4.69, 9.17) is 0 Å². The van der Waals surface area contributed by atoms with Crippen LogP contribution in [0.1, 0.15) is 12.6 Å². The van der Waals surface area contributed by atoms with Crippen molar-refractivity contribution in [2.24, 2.45) is 0 Å². The Labute approximate surface area is 152 Å². The molecule has 3 aromatic heterocycles. The predicted octanol–water partition coefficient (Wildman–Crippen LogP) is 2.38. The summed E-state index contributed by atoms with van der Waals surface area (Å²) in [5.74, 6) is 1.19. The lowest BCUT2D eigenvalue weighted by molar-refractivity contribution is 0.281. The molecule has 3 rings (SSSR count). The highest BCUT2D eigenvalue weighted by molar-refractivity contribution is 5.63. The van der Waals surface area contributed by atoms with Crippen molar-refractivity contribution in [3.8, 4) is 11.3 Å². The van der Waals surface area contributed by atoms with E-state index in [2.05, 4.69) is 30.6 Å². The van der Waals surface area contributed by atoms with E-state index in [9.17, 15) is 5.11 Å². The molecule has 3 N–H and O–H groups in total. The summed E-state index contributed by atoms with van der Waals surface area (Å²) < 4.78 is 0. The molecule has 0 unspecified atom stereocenters. The molecule has 0 fully saturated rings. The summed E-state index contributed by atoms with van der Waals surface area (Å²) in [6, 6.07) is 11.5. The number of pyridine rings is 2. The number of nitrogens with one attached hydrogen (secondary N) is 2. The molecule has 0 aromatic carbocycles. The minimum absolute atomic E-state index is 0.00524. The number of anilines is 2. The summed E-state index contributed by atoms with van der Waals surface area (Å²) in [7, 11) is 0. The van der Waals surface area contributed by atoms with Crippen molar-refractivity contribution in [3.63, 3.8) is 0 Å². The third-order valence-electron chi connectivity index (χ3n) is 3.76. The molecule has 0 saturated heterocycles. The van der Waals surface area contributed by atoms with Crippen LogP contribution >= 0.6 is 0 Å². The highest BCUT2D eigenvalue weighted by Crippen LogP contribution is 2.21. The standard InChI is InChI=1S/C19H22N6O/c1-14(13-26)23-19-24-17(15-5-9-20-10-6-15)12-18(25-19)22-11-7-16-4-2-3-8-21-16/h2-6,8-10,12,14,26H,7,11,13H2,1H3,(H2,22,23,24,25)/t14-/m1/s1. The van der Waals surface area contributed by atoms with Gasteiger partial charge in [-0.05, 0) is 31.2 Å². The smallest absolute Gasteiger partial charge is 0.225 e. The maximum absolute atomic E-state index is 9.27. The van der Waals surface area contributed by atoms with Crippen molar-refractivity contribution in [1.29, 1.82) is 0 Å². The topological polar surface area (TPSA) is 95.8 Å².